The average Bonchev–Trinajstić information content (AvgIpc) is 1.96. The Morgan fingerprint density at radius 2 is 2.00 bits per heavy atom. The van der Waals surface area contributed by atoms with Crippen molar-refractivity contribution in [1.29, 1.82) is 0 Å². The quantitative estimate of drug-likeness (QED) is 0.579. The molecule has 94 valence electrons. The summed E-state index contributed by atoms with van der Waals surface area (Å²) >= 11 is 0. The minimum absolute atomic E-state index is 0.00905. The number of rotatable bonds is 3. The smallest absolute Gasteiger partial charge is 0.248 e. The maximum Gasteiger partial charge on any atom is 0.248 e. The number of hydrogen-bond donors (Lipinski definition) is 2. The summed E-state index contributed by atoms with van der Waals surface area (Å²) in [6, 6.07) is 0. The number of halogens is 2. The Hall–Kier alpha value is -0.870. The van der Waals surface area contributed by atoms with Crippen molar-refractivity contribution in [2.24, 2.45) is 16.6 Å². The first-order valence-electron chi connectivity index (χ1n) is 5.64. The van der Waals surface area contributed by atoms with E-state index >= 15 is 0 Å². The number of guanidine groups is 1. The molecule has 1 saturated carbocycles. The van der Waals surface area contributed by atoms with Gasteiger partial charge in [-0.2, -0.15) is 0 Å². The van der Waals surface area contributed by atoms with Gasteiger partial charge in [0.2, 0.25) is 5.92 Å². The maximum absolute atomic E-state index is 12.5. The lowest BCUT2D eigenvalue weighted by molar-refractivity contribution is -0.111. The van der Waals surface area contributed by atoms with Gasteiger partial charge >= 0.3 is 0 Å². The van der Waals surface area contributed by atoms with E-state index in [1.165, 1.54) is 0 Å². The van der Waals surface area contributed by atoms with Crippen LogP contribution < -0.4 is 11.1 Å². The third-order valence-electron chi connectivity index (χ3n) is 2.50. The molecule has 0 aromatic heterocycles. The molecule has 0 bridgehead atoms. The van der Waals surface area contributed by atoms with Crippen molar-refractivity contribution in [2.75, 3.05) is 6.54 Å². The number of nitrogens with zero attached hydrogens (tertiary/aromatic N) is 1. The van der Waals surface area contributed by atoms with Gasteiger partial charge in [-0.15, -0.1) is 0 Å². The Kier molecular flexibility index (Phi) is 3.76. The van der Waals surface area contributed by atoms with E-state index in [1.807, 2.05) is 20.8 Å². The van der Waals surface area contributed by atoms with Gasteiger partial charge in [0.25, 0.3) is 0 Å². The Morgan fingerprint density at radius 3 is 2.44 bits per heavy atom. The van der Waals surface area contributed by atoms with Crippen LogP contribution in [0.1, 0.15) is 40.0 Å². The number of nitrogens with two attached hydrogens (primary N) is 1. The summed E-state index contributed by atoms with van der Waals surface area (Å²) in [4.78, 5) is 4.12. The molecule has 0 aliphatic heterocycles. The largest absolute Gasteiger partial charge is 0.370 e. The zero-order valence-corrected chi connectivity index (χ0v) is 10.2. The fraction of sp³-hybridized carbons (Fsp3) is 0.909. The van der Waals surface area contributed by atoms with E-state index in [4.69, 9.17) is 5.73 Å². The highest BCUT2D eigenvalue weighted by Gasteiger charge is 2.44. The summed E-state index contributed by atoms with van der Waals surface area (Å²) in [5.74, 6) is -1.93. The highest BCUT2D eigenvalue weighted by molar-refractivity contribution is 5.78. The molecular formula is C11H21F2N3. The molecule has 0 radical (unpaired) electrons. The molecule has 1 aliphatic carbocycles. The second kappa shape index (κ2) is 4.55. The minimum Gasteiger partial charge on any atom is -0.370 e. The molecule has 16 heavy (non-hydrogen) atoms. The number of aliphatic imine (C=N–C) groups is 1. The van der Waals surface area contributed by atoms with E-state index in [0.717, 1.165) is 0 Å². The van der Waals surface area contributed by atoms with Crippen LogP contribution in [0.4, 0.5) is 8.78 Å². The summed E-state index contributed by atoms with van der Waals surface area (Å²) in [7, 11) is 0. The lowest BCUT2D eigenvalue weighted by Gasteiger charge is -2.34. The van der Waals surface area contributed by atoms with Crippen molar-refractivity contribution in [3.05, 3.63) is 0 Å². The highest BCUT2D eigenvalue weighted by atomic mass is 19.3. The summed E-state index contributed by atoms with van der Waals surface area (Å²) in [5.41, 5.74) is 5.54. The molecule has 0 aromatic rings. The number of alkyl halides is 2. The van der Waals surface area contributed by atoms with Crippen molar-refractivity contribution in [1.82, 2.24) is 5.32 Å². The molecule has 0 atom stereocenters. The topological polar surface area (TPSA) is 50.4 Å². The molecule has 1 rings (SSSR count). The molecule has 0 aromatic carbocycles. The molecular weight excluding hydrogens is 212 g/mol. The fourth-order valence-electron chi connectivity index (χ4n) is 1.78. The van der Waals surface area contributed by atoms with E-state index in [0.29, 0.717) is 18.9 Å². The third-order valence-corrected chi connectivity index (χ3v) is 2.50. The highest BCUT2D eigenvalue weighted by Crippen LogP contribution is 2.43. The van der Waals surface area contributed by atoms with Crippen molar-refractivity contribution in [3.63, 3.8) is 0 Å². The molecule has 0 unspecified atom stereocenters. The molecule has 1 fully saturated rings. The van der Waals surface area contributed by atoms with E-state index in [9.17, 15) is 8.78 Å². The van der Waals surface area contributed by atoms with Crippen LogP contribution in [0.25, 0.3) is 0 Å². The first-order chi connectivity index (χ1) is 7.18. The standard InChI is InChI=1S/C11H21F2N3/c1-10(2,3)16-9(14)15-5-4-8-6-11(12,13)7-8/h8H,4-7H2,1-3H3,(H3,14,15,16). The van der Waals surface area contributed by atoms with Gasteiger partial charge in [0, 0.05) is 24.9 Å². The Balaban J connectivity index is 2.17. The van der Waals surface area contributed by atoms with Crippen LogP contribution in [0.3, 0.4) is 0 Å². The first-order valence-corrected chi connectivity index (χ1v) is 5.64. The zero-order valence-electron chi connectivity index (χ0n) is 10.2. The Bertz CT molecular complexity index is 261. The molecule has 3 nitrogen and oxygen atoms in total. The molecule has 0 saturated heterocycles. The lowest BCUT2D eigenvalue weighted by Crippen LogP contribution is -2.45. The van der Waals surface area contributed by atoms with Crippen molar-refractivity contribution in [3.8, 4) is 0 Å². The van der Waals surface area contributed by atoms with E-state index in [1.54, 1.807) is 0 Å². The SMILES string of the molecule is CC(C)(C)NC(N)=NCCC1CC(F)(F)C1. The zero-order chi connectivity index (χ0) is 12.4. The van der Waals surface area contributed by atoms with Crippen LogP contribution in [-0.2, 0) is 0 Å². The summed E-state index contributed by atoms with van der Waals surface area (Å²) in [6.45, 7) is 6.49. The van der Waals surface area contributed by atoms with Gasteiger partial charge in [0.15, 0.2) is 5.96 Å². The molecule has 3 N–H and O–H groups in total. The third kappa shape index (κ3) is 4.77. The molecule has 1 aliphatic rings. The maximum atomic E-state index is 12.5. The van der Waals surface area contributed by atoms with Crippen molar-refractivity contribution in [2.45, 2.75) is 51.5 Å². The number of nitrogens with one attached hydrogen (secondary N) is 1. The molecule has 5 heteroatoms. The van der Waals surface area contributed by atoms with Crippen molar-refractivity contribution < 1.29 is 8.78 Å². The van der Waals surface area contributed by atoms with E-state index in [2.05, 4.69) is 10.3 Å². The van der Waals surface area contributed by atoms with Crippen LogP contribution in [0.5, 0.6) is 0 Å². The van der Waals surface area contributed by atoms with Gasteiger partial charge in [-0.1, -0.05) is 0 Å². The van der Waals surface area contributed by atoms with Crippen LogP contribution in [-0.4, -0.2) is 24.0 Å². The normalized spacial score (nSPS) is 21.7. The second-order valence-electron chi connectivity index (χ2n) is 5.56. The van der Waals surface area contributed by atoms with Gasteiger partial charge in [0.1, 0.15) is 0 Å². The van der Waals surface area contributed by atoms with Crippen LogP contribution >= 0.6 is 0 Å². The summed E-state index contributed by atoms with van der Waals surface area (Å²) < 4.78 is 25.0. The van der Waals surface area contributed by atoms with Gasteiger partial charge in [0.05, 0.1) is 0 Å². The predicted molar refractivity (Wildman–Crippen MR) is 61.7 cm³/mol. The minimum atomic E-state index is -2.43. The fourth-order valence-corrected chi connectivity index (χ4v) is 1.78. The monoisotopic (exact) mass is 233 g/mol. The van der Waals surface area contributed by atoms with Gasteiger partial charge < -0.3 is 11.1 Å². The summed E-state index contributed by atoms with van der Waals surface area (Å²) in [5, 5.41) is 3.02. The predicted octanol–water partition coefficient (Wildman–Crippen LogP) is 2.12. The van der Waals surface area contributed by atoms with Crippen LogP contribution in [0, 0.1) is 5.92 Å². The van der Waals surface area contributed by atoms with Crippen LogP contribution in [0.2, 0.25) is 0 Å². The Morgan fingerprint density at radius 1 is 1.44 bits per heavy atom. The van der Waals surface area contributed by atoms with Gasteiger partial charge in [-0.05, 0) is 33.1 Å². The Labute approximate surface area is 95.5 Å². The molecule has 0 amide bonds. The number of hydrogen-bond acceptors (Lipinski definition) is 1. The molecule has 0 spiro atoms. The van der Waals surface area contributed by atoms with Gasteiger partial charge in [-0.3, -0.25) is 4.99 Å². The van der Waals surface area contributed by atoms with Gasteiger partial charge in [-0.25, -0.2) is 8.78 Å². The molecule has 0 heterocycles. The van der Waals surface area contributed by atoms with E-state index in [-0.39, 0.29) is 24.3 Å². The van der Waals surface area contributed by atoms with Crippen molar-refractivity contribution >= 4 is 5.96 Å². The average molecular weight is 233 g/mol. The second-order valence-corrected chi connectivity index (χ2v) is 5.56. The first kappa shape index (κ1) is 13.2. The summed E-state index contributed by atoms with van der Waals surface area (Å²) in [6.07, 6.45) is 0.715. The van der Waals surface area contributed by atoms with E-state index < -0.39 is 5.92 Å². The van der Waals surface area contributed by atoms with Crippen LogP contribution in [0.15, 0.2) is 4.99 Å². The lowest BCUT2D eigenvalue weighted by atomic mass is 9.79.